The molecule has 0 radical (unpaired) electrons. The number of nitrogens with zero attached hydrogens (tertiary/aromatic N) is 1. The van der Waals surface area contributed by atoms with E-state index >= 15 is 0 Å². The monoisotopic (exact) mass is 160 g/mol. The van der Waals surface area contributed by atoms with Gasteiger partial charge >= 0.3 is 0 Å². The molecule has 1 heterocycles. The minimum Gasteiger partial charge on any atom is -0.255 e. The van der Waals surface area contributed by atoms with Crippen LogP contribution >= 0.6 is 0 Å². The third-order valence-corrected chi connectivity index (χ3v) is 2.00. The summed E-state index contributed by atoms with van der Waals surface area (Å²) in [5, 5.41) is 2.21. The van der Waals surface area contributed by atoms with Gasteiger partial charge in [0, 0.05) is 19.6 Å². The summed E-state index contributed by atoms with van der Waals surface area (Å²) in [5.41, 5.74) is 3.22. The number of hydrazine groups is 1. The van der Waals surface area contributed by atoms with E-state index in [1.807, 2.05) is 0 Å². The largest absolute Gasteiger partial charge is 0.255 e. The Labute approximate surface area is 67.7 Å². The second-order valence-electron chi connectivity index (χ2n) is 3.00. The highest BCUT2D eigenvalue weighted by Crippen LogP contribution is 2.05. The molecule has 1 fully saturated rings. The predicted molar refractivity (Wildman–Crippen MR) is 44.0 cm³/mol. The normalized spacial score (nSPS) is 20.5. The molecule has 1 N–H and O–H groups in total. The van der Waals surface area contributed by atoms with Crippen LogP contribution in [0.1, 0.15) is 25.7 Å². The number of piperidine rings is 1. The van der Waals surface area contributed by atoms with E-state index in [0.717, 1.165) is 19.6 Å². The lowest BCUT2D eigenvalue weighted by molar-refractivity contribution is 0.152. The first-order valence-electron chi connectivity index (χ1n) is 4.48. The maximum Gasteiger partial charge on any atom is 0.0907 e. The lowest BCUT2D eigenvalue weighted by Crippen LogP contribution is -2.42. The average molecular weight is 160 g/mol. The molecule has 1 saturated heterocycles. The third-order valence-electron chi connectivity index (χ3n) is 2.00. The van der Waals surface area contributed by atoms with Gasteiger partial charge < -0.3 is 0 Å². The summed E-state index contributed by atoms with van der Waals surface area (Å²) >= 11 is 0. The van der Waals surface area contributed by atoms with Crippen molar-refractivity contribution in [3.63, 3.8) is 0 Å². The molecule has 0 aromatic rings. The highest BCUT2D eigenvalue weighted by molar-refractivity contribution is 4.60. The molecule has 0 aliphatic carbocycles. The standard InChI is InChI=1S/C8H17FN2/c9-5-4-6-10-11-7-2-1-3-8-11/h10H,1-8H2. The maximum absolute atomic E-state index is 11.7. The molecular formula is C8H17FN2. The average Bonchev–Trinajstić information content (AvgIpc) is 2.07. The van der Waals surface area contributed by atoms with Crippen molar-refractivity contribution in [2.45, 2.75) is 25.7 Å². The molecule has 2 nitrogen and oxygen atoms in total. The molecule has 3 heteroatoms. The number of nitrogens with one attached hydrogen (secondary N) is 1. The Bertz CT molecular complexity index is 92.1. The summed E-state index contributed by atoms with van der Waals surface area (Å²) in [6.45, 7) is 2.84. The Morgan fingerprint density at radius 2 is 1.91 bits per heavy atom. The number of rotatable bonds is 4. The number of hydrogen-bond acceptors (Lipinski definition) is 2. The summed E-state index contributed by atoms with van der Waals surface area (Å²) in [5.74, 6) is 0. The van der Waals surface area contributed by atoms with Crippen molar-refractivity contribution in [2.75, 3.05) is 26.3 Å². The van der Waals surface area contributed by atoms with Crippen LogP contribution in [0.3, 0.4) is 0 Å². The van der Waals surface area contributed by atoms with Crippen molar-refractivity contribution < 1.29 is 4.39 Å². The van der Waals surface area contributed by atoms with Crippen LogP contribution in [0, 0.1) is 0 Å². The van der Waals surface area contributed by atoms with Crippen molar-refractivity contribution in [2.24, 2.45) is 0 Å². The van der Waals surface area contributed by atoms with E-state index in [2.05, 4.69) is 10.4 Å². The van der Waals surface area contributed by atoms with Crippen molar-refractivity contribution in [3.05, 3.63) is 0 Å². The van der Waals surface area contributed by atoms with Crippen molar-refractivity contribution in [3.8, 4) is 0 Å². The molecule has 0 saturated carbocycles. The van der Waals surface area contributed by atoms with Gasteiger partial charge in [-0.1, -0.05) is 6.42 Å². The van der Waals surface area contributed by atoms with Crippen LogP contribution in [0.15, 0.2) is 0 Å². The quantitative estimate of drug-likeness (QED) is 0.624. The van der Waals surface area contributed by atoms with E-state index in [4.69, 9.17) is 0 Å². The number of alkyl halides is 1. The zero-order valence-electron chi connectivity index (χ0n) is 6.98. The Morgan fingerprint density at radius 3 is 2.55 bits per heavy atom. The maximum atomic E-state index is 11.7. The fourth-order valence-electron chi connectivity index (χ4n) is 1.36. The first-order valence-corrected chi connectivity index (χ1v) is 4.48. The zero-order valence-corrected chi connectivity index (χ0v) is 6.98. The molecule has 0 spiro atoms. The lowest BCUT2D eigenvalue weighted by atomic mass is 10.2. The Balaban J connectivity index is 1.96. The van der Waals surface area contributed by atoms with Gasteiger partial charge in [-0.2, -0.15) is 0 Å². The second kappa shape index (κ2) is 5.49. The zero-order chi connectivity index (χ0) is 7.94. The summed E-state index contributed by atoms with van der Waals surface area (Å²) in [4.78, 5) is 0. The van der Waals surface area contributed by atoms with Crippen molar-refractivity contribution in [1.82, 2.24) is 10.4 Å². The van der Waals surface area contributed by atoms with Gasteiger partial charge in [0.05, 0.1) is 6.67 Å². The minimum atomic E-state index is -0.208. The van der Waals surface area contributed by atoms with E-state index in [1.54, 1.807) is 0 Å². The van der Waals surface area contributed by atoms with Gasteiger partial charge in [-0.25, -0.2) is 5.01 Å². The van der Waals surface area contributed by atoms with Gasteiger partial charge in [-0.15, -0.1) is 0 Å². The summed E-state index contributed by atoms with van der Waals surface area (Å²) in [6, 6.07) is 0. The van der Waals surface area contributed by atoms with Gasteiger partial charge in [-0.05, 0) is 19.3 Å². The second-order valence-corrected chi connectivity index (χ2v) is 3.00. The van der Waals surface area contributed by atoms with Gasteiger partial charge in [0.2, 0.25) is 0 Å². The van der Waals surface area contributed by atoms with Gasteiger partial charge in [0.15, 0.2) is 0 Å². The van der Waals surface area contributed by atoms with E-state index in [9.17, 15) is 4.39 Å². The van der Waals surface area contributed by atoms with E-state index < -0.39 is 0 Å². The summed E-state index contributed by atoms with van der Waals surface area (Å²) in [7, 11) is 0. The topological polar surface area (TPSA) is 15.3 Å². The molecule has 0 atom stereocenters. The first kappa shape index (κ1) is 8.94. The molecule has 1 rings (SSSR count). The van der Waals surface area contributed by atoms with Crippen LogP contribution in [0.5, 0.6) is 0 Å². The SMILES string of the molecule is FCCCNN1CCCCC1. The fraction of sp³-hybridized carbons (Fsp3) is 1.00. The summed E-state index contributed by atoms with van der Waals surface area (Å²) < 4.78 is 11.7. The van der Waals surface area contributed by atoms with Crippen LogP contribution in [-0.2, 0) is 0 Å². The van der Waals surface area contributed by atoms with Gasteiger partial charge in [0.25, 0.3) is 0 Å². The first-order chi connectivity index (χ1) is 5.43. The highest BCUT2D eigenvalue weighted by atomic mass is 19.1. The van der Waals surface area contributed by atoms with Gasteiger partial charge in [-0.3, -0.25) is 9.82 Å². The molecular weight excluding hydrogens is 143 g/mol. The van der Waals surface area contributed by atoms with E-state index in [0.29, 0.717) is 6.42 Å². The summed E-state index contributed by atoms with van der Waals surface area (Å²) in [6.07, 6.45) is 4.54. The smallest absolute Gasteiger partial charge is 0.0907 e. The molecule has 0 aromatic heterocycles. The Kier molecular flexibility index (Phi) is 4.47. The molecule has 0 amide bonds. The molecule has 0 aromatic carbocycles. The lowest BCUT2D eigenvalue weighted by Gasteiger charge is -2.26. The fourth-order valence-corrected chi connectivity index (χ4v) is 1.36. The Morgan fingerprint density at radius 1 is 1.18 bits per heavy atom. The van der Waals surface area contributed by atoms with Crippen LogP contribution < -0.4 is 5.43 Å². The van der Waals surface area contributed by atoms with E-state index in [1.165, 1.54) is 19.3 Å². The van der Waals surface area contributed by atoms with Crippen LogP contribution in [0.25, 0.3) is 0 Å². The van der Waals surface area contributed by atoms with Gasteiger partial charge in [0.1, 0.15) is 0 Å². The van der Waals surface area contributed by atoms with Crippen LogP contribution in [-0.4, -0.2) is 31.3 Å². The van der Waals surface area contributed by atoms with E-state index in [-0.39, 0.29) is 6.67 Å². The molecule has 0 unspecified atom stereocenters. The van der Waals surface area contributed by atoms with Crippen LogP contribution in [0.4, 0.5) is 4.39 Å². The third kappa shape index (κ3) is 3.68. The molecule has 1 aliphatic heterocycles. The number of hydrogen-bond donors (Lipinski definition) is 1. The molecule has 0 bridgehead atoms. The van der Waals surface area contributed by atoms with Crippen molar-refractivity contribution in [1.29, 1.82) is 0 Å². The molecule has 11 heavy (non-hydrogen) atoms. The highest BCUT2D eigenvalue weighted by Gasteiger charge is 2.07. The minimum absolute atomic E-state index is 0.208. The molecule has 1 aliphatic rings. The van der Waals surface area contributed by atoms with Crippen molar-refractivity contribution >= 4 is 0 Å². The Hall–Kier alpha value is -0.150. The number of halogens is 1. The predicted octanol–water partition coefficient (Wildman–Crippen LogP) is 1.34. The van der Waals surface area contributed by atoms with Crippen LogP contribution in [0.2, 0.25) is 0 Å². The molecule has 66 valence electrons.